The molecule has 6 heteroatoms. The van der Waals surface area contributed by atoms with Crippen LogP contribution in [0.15, 0.2) is 53.1 Å². The second-order valence-electron chi connectivity index (χ2n) is 7.94. The van der Waals surface area contributed by atoms with Crippen LogP contribution in [-0.4, -0.2) is 45.6 Å². The molecule has 1 amide bonds. The molecule has 1 unspecified atom stereocenters. The third-order valence-corrected chi connectivity index (χ3v) is 5.85. The number of fused-ring (bicyclic) bond motifs is 1. The van der Waals surface area contributed by atoms with Crippen LogP contribution >= 0.6 is 0 Å². The van der Waals surface area contributed by atoms with Crippen LogP contribution in [0, 0.1) is 0 Å². The van der Waals surface area contributed by atoms with E-state index >= 15 is 0 Å². The molecule has 0 saturated heterocycles. The van der Waals surface area contributed by atoms with E-state index in [0.717, 1.165) is 37.1 Å². The highest BCUT2D eigenvalue weighted by Gasteiger charge is 2.31. The van der Waals surface area contributed by atoms with Gasteiger partial charge < -0.3 is 9.32 Å². The number of aromatic nitrogens is 2. The minimum absolute atomic E-state index is 0.0513. The summed E-state index contributed by atoms with van der Waals surface area (Å²) in [6.45, 7) is 1.34. The summed E-state index contributed by atoms with van der Waals surface area (Å²) in [6.07, 6.45) is 4.50. The average Bonchev–Trinajstić information content (AvgIpc) is 3.35. The second-order valence-corrected chi connectivity index (χ2v) is 7.94. The fourth-order valence-corrected chi connectivity index (χ4v) is 4.21. The van der Waals surface area contributed by atoms with E-state index in [2.05, 4.69) is 41.3 Å². The van der Waals surface area contributed by atoms with Crippen LogP contribution in [0.2, 0.25) is 0 Å². The zero-order valence-corrected chi connectivity index (χ0v) is 17.3. The minimum atomic E-state index is -0.0513. The second kappa shape index (κ2) is 8.25. The summed E-state index contributed by atoms with van der Waals surface area (Å²) in [5.74, 6) is 0.718. The Bertz CT molecular complexity index is 962. The third-order valence-electron chi connectivity index (χ3n) is 5.85. The van der Waals surface area contributed by atoms with Crippen molar-refractivity contribution in [1.29, 1.82) is 0 Å². The summed E-state index contributed by atoms with van der Waals surface area (Å²) in [5, 5.41) is 4.60. The maximum Gasteiger partial charge on any atom is 0.274 e. The van der Waals surface area contributed by atoms with E-state index in [4.69, 9.17) is 4.42 Å². The standard InChI is InChI=1S/C23H28N4O2/c1-25(15-17-8-5-4-6-9-17)18-11-12-21-20(14-18)22(24-27(21)3)23(28)26(2)16-19-10-7-13-29-19/h4-10,13,18H,11-12,14-16H2,1-3H3. The first-order valence-corrected chi connectivity index (χ1v) is 10.1. The third kappa shape index (κ3) is 4.12. The number of carbonyl (C=O) groups excluding carboxylic acids is 1. The SMILES string of the molecule is CN(Cc1ccco1)C(=O)c1nn(C)c2c1CC(N(C)Cc1ccccc1)CC2. The van der Waals surface area contributed by atoms with E-state index in [9.17, 15) is 4.79 Å². The van der Waals surface area contributed by atoms with Gasteiger partial charge in [0.1, 0.15) is 5.76 Å². The summed E-state index contributed by atoms with van der Waals surface area (Å²) < 4.78 is 7.27. The number of carbonyl (C=O) groups is 1. The van der Waals surface area contributed by atoms with E-state index in [1.807, 2.05) is 29.9 Å². The number of rotatable bonds is 6. The normalized spacial score (nSPS) is 16.1. The van der Waals surface area contributed by atoms with Gasteiger partial charge in [-0.25, -0.2) is 0 Å². The lowest BCUT2D eigenvalue weighted by atomic mass is 9.90. The predicted molar refractivity (Wildman–Crippen MR) is 111 cm³/mol. The highest BCUT2D eigenvalue weighted by molar-refractivity contribution is 5.94. The molecule has 0 saturated carbocycles. The Kier molecular flexibility index (Phi) is 5.53. The predicted octanol–water partition coefficient (Wildman–Crippen LogP) is 3.27. The molecule has 1 aromatic carbocycles. The number of hydrogen-bond acceptors (Lipinski definition) is 4. The average molecular weight is 393 g/mol. The molecule has 2 aromatic heterocycles. The number of furan rings is 1. The van der Waals surface area contributed by atoms with E-state index in [0.29, 0.717) is 18.3 Å². The topological polar surface area (TPSA) is 54.5 Å². The van der Waals surface area contributed by atoms with Gasteiger partial charge in [-0.15, -0.1) is 0 Å². The summed E-state index contributed by atoms with van der Waals surface area (Å²) in [6, 6.07) is 14.6. The first-order chi connectivity index (χ1) is 14.0. The molecular weight excluding hydrogens is 364 g/mol. The van der Waals surface area contributed by atoms with Crippen molar-refractivity contribution >= 4 is 5.91 Å². The molecule has 29 heavy (non-hydrogen) atoms. The van der Waals surface area contributed by atoms with E-state index in [-0.39, 0.29) is 5.91 Å². The molecule has 0 fully saturated rings. The van der Waals surface area contributed by atoms with Crippen molar-refractivity contribution in [3.63, 3.8) is 0 Å². The number of likely N-dealkylation sites (N-methyl/N-ethyl adjacent to an activating group) is 1. The van der Waals surface area contributed by atoms with Gasteiger partial charge in [-0.3, -0.25) is 14.4 Å². The largest absolute Gasteiger partial charge is 0.467 e. The Morgan fingerprint density at radius 1 is 1.17 bits per heavy atom. The van der Waals surface area contributed by atoms with Crippen LogP contribution in [-0.2, 0) is 33.0 Å². The lowest BCUT2D eigenvalue weighted by molar-refractivity contribution is 0.0767. The van der Waals surface area contributed by atoms with Gasteiger partial charge in [0, 0.05) is 37.9 Å². The van der Waals surface area contributed by atoms with Gasteiger partial charge in [-0.05, 0) is 44.0 Å². The summed E-state index contributed by atoms with van der Waals surface area (Å²) >= 11 is 0. The van der Waals surface area contributed by atoms with Crippen molar-refractivity contribution in [3.05, 3.63) is 77.0 Å². The fourth-order valence-electron chi connectivity index (χ4n) is 4.21. The molecule has 1 atom stereocenters. The van der Waals surface area contributed by atoms with Gasteiger partial charge in [0.05, 0.1) is 12.8 Å². The minimum Gasteiger partial charge on any atom is -0.467 e. The molecule has 1 aliphatic carbocycles. The van der Waals surface area contributed by atoms with Crippen molar-refractivity contribution in [2.24, 2.45) is 7.05 Å². The lowest BCUT2D eigenvalue weighted by Gasteiger charge is -2.31. The highest BCUT2D eigenvalue weighted by Crippen LogP contribution is 2.28. The molecule has 0 aliphatic heterocycles. The van der Waals surface area contributed by atoms with Gasteiger partial charge in [-0.2, -0.15) is 5.10 Å². The van der Waals surface area contributed by atoms with Gasteiger partial charge in [0.2, 0.25) is 0 Å². The number of nitrogens with zero attached hydrogens (tertiary/aromatic N) is 4. The molecule has 1 aliphatic rings. The Hall–Kier alpha value is -2.86. The summed E-state index contributed by atoms with van der Waals surface area (Å²) in [5.41, 5.74) is 4.17. The van der Waals surface area contributed by atoms with Crippen molar-refractivity contribution in [3.8, 4) is 0 Å². The molecule has 0 N–H and O–H groups in total. The van der Waals surface area contributed by atoms with E-state index in [1.54, 1.807) is 18.2 Å². The number of hydrogen-bond donors (Lipinski definition) is 0. The smallest absolute Gasteiger partial charge is 0.274 e. The molecule has 4 rings (SSSR count). The number of benzene rings is 1. The zero-order valence-electron chi connectivity index (χ0n) is 17.3. The monoisotopic (exact) mass is 392 g/mol. The maximum atomic E-state index is 13.1. The van der Waals surface area contributed by atoms with Crippen molar-refractivity contribution < 1.29 is 9.21 Å². The quantitative estimate of drug-likeness (QED) is 0.646. The van der Waals surface area contributed by atoms with Gasteiger partial charge >= 0.3 is 0 Å². The summed E-state index contributed by atoms with van der Waals surface area (Å²) in [4.78, 5) is 17.2. The Labute approximate surface area is 171 Å². The molecule has 0 bridgehead atoms. The van der Waals surface area contributed by atoms with Crippen LogP contribution in [0.25, 0.3) is 0 Å². The molecular formula is C23H28N4O2. The van der Waals surface area contributed by atoms with Crippen LogP contribution in [0.5, 0.6) is 0 Å². The lowest BCUT2D eigenvalue weighted by Crippen LogP contribution is -2.37. The Morgan fingerprint density at radius 2 is 1.97 bits per heavy atom. The van der Waals surface area contributed by atoms with Crippen molar-refractivity contribution in [2.75, 3.05) is 14.1 Å². The molecule has 0 spiro atoms. The highest BCUT2D eigenvalue weighted by atomic mass is 16.3. The van der Waals surface area contributed by atoms with Crippen LogP contribution in [0.1, 0.15) is 39.5 Å². The summed E-state index contributed by atoms with van der Waals surface area (Å²) in [7, 11) is 5.91. The number of amides is 1. The van der Waals surface area contributed by atoms with E-state index < -0.39 is 0 Å². The van der Waals surface area contributed by atoms with Crippen molar-refractivity contribution in [2.45, 2.75) is 38.4 Å². The Balaban J connectivity index is 1.50. The molecule has 2 heterocycles. The van der Waals surface area contributed by atoms with Gasteiger partial charge in [0.25, 0.3) is 5.91 Å². The molecule has 6 nitrogen and oxygen atoms in total. The van der Waals surface area contributed by atoms with E-state index in [1.165, 1.54) is 11.3 Å². The first-order valence-electron chi connectivity index (χ1n) is 10.1. The van der Waals surface area contributed by atoms with Crippen LogP contribution < -0.4 is 0 Å². The molecule has 3 aromatic rings. The maximum absolute atomic E-state index is 13.1. The first kappa shape index (κ1) is 19.5. The van der Waals surface area contributed by atoms with Crippen LogP contribution in [0.4, 0.5) is 0 Å². The molecule has 152 valence electrons. The number of aryl methyl sites for hydroxylation is 1. The molecule has 0 radical (unpaired) electrons. The van der Waals surface area contributed by atoms with Crippen molar-refractivity contribution in [1.82, 2.24) is 19.6 Å². The van der Waals surface area contributed by atoms with Gasteiger partial charge in [-0.1, -0.05) is 30.3 Å². The van der Waals surface area contributed by atoms with Gasteiger partial charge in [0.15, 0.2) is 5.69 Å². The van der Waals surface area contributed by atoms with Crippen LogP contribution in [0.3, 0.4) is 0 Å². The Morgan fingerprint density at radius 3 is 2.69 bits per heavy atom. The fraction of sp³-hybridized carbons (Fsp3) is 0.391. The zero-order chi connectivity index (χ0) is 20.4.